The van der Waals surface area contributed by atoms with Gasteiger partial charge in [-0.15, -0.1) is 0 Å². The molecule has 1 aliphatic carbocycles. The highest BCUT2D eigenvalue weighted by molar-refractivity contribution is 6.00. The Labute approximate surface area is 216 Å². The number of aromatic amines is 1. The van der Waals surface area contributed by atoms with Gasteiger partial charge in [-0.25, -0.2) is 9.78 Å². The summed E-state index contributed by atoms with van der Waals surface area (Å²) in [5.74, 6) is 0.0796. The van der Waals surface area contributed by atoms with Crippen LogP contribution >= 0.6 is 0 Å². The molecule has 186 valence electrons. The highest BCUT2D eigenvalue weighted by Crippen LogP contribution is 2.46. The Hall–Kier alpha value is -4.45. The second kappa shape index (κ2) is 10.7. The van der Waals surface area contributed by atoms with E-state index in [4.69, 9.17) is 9.84 Å². The highest BCUT2D eigenvalue weighted by atomic mass is 16.5. The van der Waals surface area contributed by atoms with E-state index in [1.165, 1.54) is 17.6 Å². The Morgan fingerprint density at radius 2 is 1.73 bits per heavy atom. The molecule has 2 aromatic carbocycles. The first-order valence-electron chi connectivity index (χ1n) is 12.4. The zero-order chi connectivity index (χ0) is 25.8. The van der Waals surface area contributed by atoms with Crippen molar-refractivity contribution in [2.24, 2.45) is 5.92 Å². The summed E-state index contributed by atoms with van der Waals surface area (Å²) in [6.45, 7) is 2.11. The molecule has 1 saturated carbocycles. The van der Waals surface area contributed by atoms with Crippen LogP contribution in [0, 0.1) is 12.8 Å². The van der Waals surface area contributed by atoms with Gasteiger partial charge in [0.05, 0.1) is 13.3 Å². The molecule has 0 atom stereocenters. The van der Waals surface area contributed by atoms with Gasteiger partial charge in [0.15, 0.2) is 0 Å². The fourth-order valence-corrected chi connectivity index (χ4v) is 4.82. The van der Waals surface area contributed by atoms with E-state index in [1.807, 2.05) is 36.8 Å². The van der Waals surface area contributed by atoms with Crippen LogP contribution in [-0.2, 0) is 4.79 Å². The third kappa shape index (κ3) is 5.23. The van der Waals surface area contributed by atoms with Crippen LogP contribution in [0.25, 0.3) is 28.3 Å². The second-order valence-corrected chi connectivity index (χ2v) is 9.32. The van der Waals surface area contributed by atoms with Crippen molar-refractivity contribution in [3.63, 3.8) is 0 Å². The number of hydrogen-bond acceptors (Lipinski definition) is 4. The number of aromatic nitrogens is 3. The van der Waals surface area contributed by atoms with Gasteiger partial charge in [0.25, 0.3) is 0 Å². The molecule has 2 N–H and O–H groups in total. The van der Waals surface area contributed by atoms with Crippen LogP contribution in [0.1, 0.15) is 47.1 Å². The van der Waals surface area contributed by atoms with Crippen molar-refractivity contribution in [1.82, 2.24) is 15.2 Å². The number of pyridine rings is 1. The van der Waals surface area contributed by atoms with Crippen molar-refractivity contribution in [3.05, 3.63) is 107 Å². The summed E-state index contributed by atoms with van der Waals surface area (Å²) in [5, 5.41) is 16.0. The van der Waals surface area contributed by atoms with Gasteiger partial charge in [-0.05, 0) is 70.7 Å². The number of hydrogen-bond donors (Lipinski definition) is 2. The van der Waals surface area contributed by atoms with E-state index in [-0.39, 0.29) is 0 Å². The minimum Gasteiger partial charge on any atom is -0.481 e. The summed E-state index contributed by atoms with van der Waals surface area (Å²) < 4.78 is 5.38. The molecule has 6 heteroatoms. The molecule has 6 nitrogen and oxygen atoms in total. The van der Waals surface area contributed by atoms with Crippen LogP contribution in [0.5, 0.6) is 5.88 Å². The number of aliphatic carboxylic acids is 1. The lowest BCUT2D eigenvalue weighted by Gasteiger charge is -2.32. The number of H-pyrrole nitrogens is 1. The van der Waals surface area contributed by atoms with Crippen LogP contribution < -0.4 is 4.74 Å². The Kier molecular flexibility index (Phi) is 6.99. The Balaban J connectivity index is 1.69. The summed E-state index contributed by atoms with van der Waals surface area (Å²) >= 11 is 0. The maximum absolute atomic E-state index is 11.0. The van der Waals surface area contributed by atoms with Gasteiger partial charge in [0.1, 0.15) is 0 Å². The number of ether oxygens (including phenoxy) is 1. The number of carbonyl (C=O) groups is 1. The standard InChI is InChI=1S/C31H29N3O3/c1-20-16-28(37-2)32-19-27(20)31(23-4-3-5-23)30(24-9-6-21(7-10-24)8-15-29(35)36)25-13-11-22(12-14-25)26-17-33-34-18-26/h6-19,23H,3-5H2,1-2H3,(H,33,34)(H,35,36)/b15-8+,31-30+. The Morgan fingerprint density at radius 1 is 1.03 bits per heavy atom. The number of rotatable bonds is 8. The van der Waals surface area contributed by atoms with Crippen LogP contribution in [0.2, 0.25) is 0 Å². The number of benzene rings is 2. The summed E-state index contributed by atoms with van der Waals surface area (Å²) in [6.07, 6.45) is 11.9. The van der Waals surface area contributed by atoms with Crippen LogP contribution in [-0.4, -0.2) is 33.4 Å². The lowest BCUT2D eigenvalue weighted by atomic mass is 9.72. The quantitative estimate of drug-likeness (QED) is 0.270. The molecule has 4 aromatic rings. The third-order valence-electron chi connectivity index (χ3n) is 6.99. The fraction of sp³-hybridized carbons (Fsp3) is 0.194. The molecule has 0 unspecified atom stereocenters. The maximum Gasteiger partial charge on any atom is 0.328 e. The first-order valence-corrected chi connectivity index (χ1v) is 12.4. The number of nitrogens with one attached hydrogen (secondary N) is 1. The average Bonchev–Trinajstić information content (AvgIpc) is 3.42. The summed E-state index contributed by atoms with van der Waals surface area (Å²) in [5.41, 5.74) is 9.92. The van der Waals surface area contributed by atoms with Crippen molar-refractivity contribution >= 4 is 23.2 Å². The fourth-order valence-electron chi connectivity index (χ4n) is 4.82. The highest BCUT2D eigenvalue weighted by Gasteiger charge is 2.28. The number of allylic oxidation sites excluding steroid dienone is 1. The third-order valence-corrected chi connectivity index (χ3v) is 6.99. The number of carboxylic acids is 1. The summed E-state index contributed by atoms with van der Waals surface area (Å²) in [4.78, 5) is 15.5. The van der Waals surface area contributed by atoms with E-state index >= 15 is 0 Å². The van der Waals surface area contributed by atoms with Gasteiger partial charge in [0.2, 0.25) is 5.88 Å². The van der Waals surface area contributed by atoms with Crippen LogP contribution in [0.3, 0.4) is 0 Å². The normalized spacial score (nSPS) is 14.3. The van der Waals surface area contributed by atoms with Gasteiger partial charge < -0.3 is 9.84 Å². The minimum absolute atomic E-state index is 0.434. The number of methoxy groups -OCH3 is 1. The topological polar surface area (TPSA) is 88.1 Å². The molecule has 0 saturated heterocycles. The van der Waals surface area contributed by atoms with Gasteiger partial charge in [-0.3, -0.25) is 5.10 Å². The molecule has 2 aromatic heterocycles. The number of carboxylic acid groups (broad SMARTS) is 1. The van der Waals surface area contributed by atoms with Crippen molar-refractivity contribution in [3.8, 4) is 17.0 Å². The number of aryl methyl sites for hydroxylation is 1. The molecule has 0 radical (unpaired) electrons. The van der Waals surface area contributed by atoms with Crippen molar-refractivity contribution < 1.29 is 14.6 Å². The van der Waals surface area contributed by atoms with Crippen molar-refractivity contribution in [2.45, 2.75) is 26.2 Å². The van der Waals surface area contributed by atoms with Gasteiger partial charge in [0, 0.05) is 35.7 Å². The molecule has 37 heavy (non-hydrogen) atoms. The molecule has 0 aliphatic heterocycles. The zero-order valence-electron chi connectivity index (χ0n) is 20.9. The first kappa shape index (κ1) is 24.3. The SMILES string of the molecule is COc1cc(C)c(/C(=C(\c2ccc(/C=C/C(=O)O)cc2)c2ccc(-c3cn[nH]c3)cc2)C2CCC2)cn1. The van der Waals surface area contributed by atoms with Crippen LogP contribution in [0.4, 0.5) is 0 Å². The molecule has 0 spiro atoms. The second-order valence-electron chi connectivity index (χ2n) is 9.32. The summed E-state index contributed by atoms with van der Waals surface area (Å²) in [7, 11) is 1.64. The minimum atomic E-state index is -0.961. The van der Waals surface area contributed by atoms with E-state index in [2.05, 4.69) is 58.5 Å². The predicted octanol–water partition coefficient (Wildman–Crippen LogP) is 6.65. The van der Waals surface area contributed by atoms with E-state index in [0.717, 1.165) is 57.9 Å². The molecule has 1 aliphatic rings. The van der Waals surface area contributed by atoms with Gasteiger partial charge in [-0.1, -0.05) is 55.0 Å². The van der Waals surface area contributed by atoms with E-state index in [9.17, 15) is 4.79 Å². The molecule has 1 fully saturated rings. The van der Waals surface area contributed by atoms with Crippen molar-refractivity contribution in [1.29, 1.82) is 0 Å². The Bertz CT molecular complexity index is 1450. The molecule has 0 amide bonds. The molecular weight excluding hydrogens is 462 g/mol. The van der Waals surface area contributed by atoms with E-state index in [0.29, 0.717) is 11.8 Å². The average molecular weight is 492 g/mol. The maximum atomic E-state index is 11.0. The lowest BCUT2D eigenvalue weighted by Crippen LogP contribution is -2.16. The monoisotopic (exact) mass is 491 g/mol. The number of nitrogens with zero attached hydrogens (tertiary/aromatic N) is 2. The van der Waals surface area contributed by atoms with Crippen molar-refractivity contribution in [2.75, 3.05) is 7.11 Å². The smallest absolute Gasteiger partial charge is 0.328 e. The van der Waals surface area contributed by atoms with Gasteiger partial charge >= 0.3 is 5.97 Å². The molecule has 2 heterocycles. The molecule has 5 rings (SSSR count). The van der Waals surface area contributed by atoms with E-state index in [1.54, 1.807) is 13.2 Å². The van der Waals surface area contributed by atoms with E-state index < -0.39 is 5.97 Å². The Morgan fingerprint density at radius 3 is 2.27 bits per heavy atom. The first-order chi connectivity index (χ1) is 18.0. The lowest BCUT2D eigenvalue weighted by molar-refractivity contribution is -0.131. The summed E-state index contributed by atoms with van der Waals surface area (Å²) in [6, 6.07) is 18.7. The molecular formula is C31H29N3O3. The zero-order valence-corrected chi connectivity index (χ0v) is 20.9. The van der Waals surface area contributed by atoms with Crippen LogP contribution in [0.15, 0.2) is 79.3 Å². The predicted molar refractivity (Wildman–Crippen MR) is 146 cm³/mol. The largest absolute Gasteiger partial charge is 0.481 e. The van der Waals surface area contributed by atoms with Gasteiger partial charge in [-0.2, -0.15) is 5.10 Å². The molecule has 0 bridgehead atoms.